The van der Waals surface area contributed by atoms with Crippen molar-refractivity contribution in [3.05, 3.63) is 65.1 Å². The zero-order valence-electron chi connectivity index (χ0n) is 16.8. The Hall–Kier alpha value is -3.19. The van der Waals surface area contributed by atoms with Crippen molar-refractivity contribution in [1.29, 1.82) is 0 Å². The summed E-state index contributed by atoms with van der Waals surface area (Å²) < 4.78 is 7.30. The molecule has 3 rings (SSSR count). The van der Waals surface area contributed by atoms with Gasteiger partial charge in [-0.15, -0.1) is 0 Å². The molecule has 2 aromatic carbocycles. The molecule has 0 saturated carbocycles. The molecule has 7 nitrogen and oxygen atoms in total. The number of para-hydroxylation sites is 4. The van der Waals surface area contributed by atoms with Gasteiger partial charge in [0.2, 0.25) is 5.91 Å². The van der Waals surface area contributed by atoms with Crippen molar-refractivity contribution in [3.63, 3.8) is 0 Å². The van der Waals surface area contributed by atoms with Crippen LogP contribution in [0.1, 0.15) is 13.8 Å². The highest BCUT2D eigenvalue weighted by Gasteiger charge is 2.12. The molecule has 0 spiro atoms. The summed E-state index contributed by atoms with van der Waals surface area (Å²) in [5, 5.41) is 2.86. The third-order valence-corrected chi connectivity index (χ3v) is 4.78. The van der Waals surface area contributed by atoms with E-state index < -0.39 is 0 Å². The molecule has 0 bridgehead atoms. The van der Waals surface area contributed by atoms with Gasteiger partial charge in [-0.3, -0.25) is 14.2 Å². The largest absolute Gasteiger partial charge is 0.490 e. The highest BCUT2D eigenvalue weighted by atomic mass is 16.5. The minimum atomic E-state index is -0.317. The van der Waals surface area contributed by atoms with Crippen molar-refractivity contribution >= 4 is 22.6 Å². The van der Waals surface area contributed by atoms with E-state index >= 15 is 0 Å². The topological polar surface area (TPSA) is 76.5 Å². The van der Waals surface area contributed by atoms with E-state index in [1.165, 1.54) is 10.8 Å². The summed E-state index contributed by atoms with van der Waals surface area (Å²) in [6.07, 6.45) is 1.24. The van der Waals surface area contributed by atoms with Crippen LogP contribution in [0.5, 0.6) is 5.75 Å². The van der Waals surface area contributed by atoms with Gasteiger partial charge >= 0.3 is 0 Å². The molecule has 0 fully saturated rings. The molecule has 1 N–H and O–H groups in total. The van der Waals surface area contributed by atoms with Crippen molar-refractivity contribution in [2.24, 2.45) is 0 Å². The van der Waals surface area contributed by atoms with E-state index in [9.17, 15) is 9.59 Å². The molecule has 0 aliphatic heterocycles. The average molecular weight is 394 g/mol. The molecule has 0 unspecified atom stereocenters. The molecule has 0 atom stereocenters. The number of nitrogens with zero attached hydrogens (tertiary/aromatic N) is 3. The predicted molar refractivity (Wildman–Crippen MR) is 114 cm³/mol. The number of anilines is 1. The second kappa shape index (κ2) is 9.84. The normalized spacial score (nSPS) is 11.0. The Morgan fingerprint density at radius 2 is 1.83 bits per heavy atom. The maximum absolute atomic E-state index is 12.6. The summed E-state index contributed by atoms with van der Waals surface area (Å²) in [6.45, 7) is 7.40. The summed E-state index contributed by atoms with van der Waals surface area (Å²) in [7, 11) is 0. The summed E-state index contributed by atoms with van der Waals surface area (Å²) in [5.41, 5.74) is 1.56. The van der Waals surface area contributed by atoms with Crippen molar-refractivity contribution < 1.29 is 9.53 Å². The van der Waals surface area contributed by atoms with Crippen LogP contribution in [0, 0.1) is 0 Å². The Balaban J connectivity index is 1.71. The standard InChI is InChI=1S/C22H26N4O3/c1-3-25(4-2)13-14-29-20-12-8-6-10-18(20)24-21(27)16-26-19-11-7-5-9-17(19)23-15-22(26)28/h5-12,15H,3-4,13-14,16H2,1-2H3,(H,24,27). The first-order valence-corrected chi connectivity index (χ1v) is 9.81. The molecular weight excluding hydrogens is 368 g/mol. The monoisotopic (exact) mass is 394 g/mol. The number of aromatic nitrogens is 2. The molecule has 3 aromatic rings. The molecule has 1 aromatic heterocycles. The van der Waals surface area contributed by atoms with E-state index in [1.807, 2.05) is 36.4 Å². The first-order valence-electron chi connectivity index (χ1n) is 9.81. The number of hydrogen-bond donors (Lipinski definition) is 1. The predicted octanol–water partition coefficient (Wildman–Crippen LogP) is 2.76. The number of benzene rings is 2. The maximum atomic E-state index is 12.6. The lowest BCUT2D eigenvalue weighted by Gasteiger charge is -2.19. The van der Waals surface area contributed by atoms with Crippen LogP contribution in [-0.4, -0.2) is 46.6 Å². The number of fused-ring (bicyclic) bond motifs is 1. The van der Waals surface area contributed by atoms with Gasteiger partial charge in [-0.25, -0.2) is 4.98 Å². The number of ether oxygens (including phenoxy) is 1. The number of rotatable bonds is 9. The number of amides is 1. The number of hydrogen-bond acceptors (Lipinski definition) is 5. The summed E-state index contributed by atoms with van der Waals surface area (Å²) >= 11 is 0. The fourth-order valence-corrected chi connectivity index (χ4v) is 3.13. The number of carbonyl (C=O) groups is 1. The van der Waals surface area contributed by atoms with Crippen LogP contribution in [0.25, 0.3) is 11.0 Å². The van der Waals surface area contributed by atoms with Crippen LogP contribution in [0.3, 0.4) is 0 Å². The third-order valence-electron chi connectivity index (χ3n) is 4.78. The van der Waals surface area contributed by atoms with Gasteiger partial charge < -0.3 is 15.0 Å². The lowest BCUT2D eigenvalue weighted by atomic mass is 10.2. The van der Waals surface area contributed by atoms with Crippen LogP contribution >= 0.6 is 0 Å². The highest BCUT2D eigenvalue weighted by Crippen LogP contribution is 2.23. The van der Waals surface area contributed by atoms with Gasteiger partial charge in [0.05, 0.1) is 22.9 Å². The Labute approximate surface area is 169 Å². The van der Waals surface area contributed by atoms with E-state index in [0.717, 1.165) is 19.6 Å². The molecule has 0 saturated heterocycles. The SMILES string of the molecule is CCN(CC)CCOc1ccccc1NC(=O)Cn1c(=O)cnc2ccccc21. The van der Waals surface area contributed by atoms with Gasteiger partial charge in [-0.2, -0.15) is 0 Å². The molecular formula is C22H26N4O3. The summed E-state index contributed by atoms with van der Waals surface area (Å²) in [6, 6.07) is 14.6. The minimum absolute atomic E-state index is 0.102. The van der Waals surface area contributed by atoms with Gasteiger partial charge in [0.15, 0.2) is 0 Å². The van der Waals surface area contributed by atoms with Crippen LogP contribution in [-0.2, 0) is 11.3 Å². The Morgan fingerprint density at radius 3 is 2.62 bits per heavy atom. The van der Waals surface area contributed by atoms with E-state index in [0.29, 0.717) is 29.1 Å². The van der Waals surface area contributed by atoms with Gasteiger partial charge in [-0.1, -0.05) is 38.1 Å². The second-order valence-corrected chi connectivity index (χ2v) is 6.59. The maximum Gasteiger partial charge on any atom is 0.269 e. The molecule has 0 aliphatic rings. The van der Waals surface area contributed by atoms with E-state index in [1.54, 1.807) is 12.1 Å². The molecule has 29 heavy (non-hydrogen) atoms. The van der Waals surface area contributed by atoms with E-state index in [2.05, 4.69) is 29.0 Å². The fourth-order valence-electron chi connectivity index (χ4n) is 3.13. The van der Waals surface area contributed by atoms with Crippen LogP contribution in [0.4, 0.5) is 5.69 Å². The van der Waals surface area contributed by atoms with Crippen molar-refractivity contribution in [2.45, 2.75) is 20.4 Å². The van der Waals surface area contributed by atoms with Crippen LogP contribution in [0.15, 0.2) is 59.5 Å². The lowest BCUT2D eigenvalue weighted by molar-refractivity contribution is -0.116. The Kier molecular flexibility index (Phi) is 6.97. The van der Waals surface area contributed by atoms with Crippen molar-refractivity contribution in [1.82, 2.24) is 14.5 Å². The molecule has 1 amide bonds. The first-order chi connectivity index (χ1) is 14.1. The first kappa shape index (κ1) is 20.5. The Bertz CT molecular complexity index is 1030. The smallest absolute Gasteiger partial charge is 0.269 e. The number of carbonyl (C=O) groups excluding carboxylic acids is 1. The second-order valence-electron chi connectivity index (χ2n) is 6.59. The van der Waals surface area contributed by atoms with E-state index in [-0.39, 0.29) is 18.0 Å². The fraction of sp³-hybridized carbons (Fsp3) is 0.318. The zero-order valence-corrected chi connectivity index (χ0v) is 16.8. The number of likely N-dealkylation sites (N-methyl/N-ethyl adjacent to an activating group) is 1. The minimum Gasteiger partial charge on any atom is -0.490 e. The van der Waals surface area contributed by atoms with Gasteiger partial charge in [-0.05, 0) is 37.4 Å². The summed E-state index contributed by atoms with van der Waals surface area (Å²) in [5.74, 6) is 0.309. The molecule has 0 aliphatic carbocycles. The zero-order chi connectivity index (χ0) is 20.6. The van der Waals surface area contributed by atoms with E-state index in [4.69, 9.17) is 4.74 Å². The van der Waals surface area contributed by atoms with Crippen molar-refractivity contribution in [3.8, 4) is 5.75 Å². The quantitative estimate of drug-likeness (QED) is 0.604. The van der Waals surface area contributed by atoms with Gasteiger partial charge in [0.1, 0.15) is 18.9 Å². The molecule has 7 heteroatoms. The number of nitrogens with one attached hydrogen (secondary N) is 1. The molecule has 152 valence electrons. The Morgan fingerprint density at radius 1 is 1.10 bits per heavy atom. The van der Waals surface area contributed by atoms with Crippen LogP contribution in [0.2, 0.25) is 0 Å². The van der Waals surface area contributed by atoms with Crippen LogP contribution < -0.4 is 15.6 Å². The average Bonchev–Trinajstić information content (AvgIpc) is 2.74. The van der Waals surface area contributed by atoms with Crippen molar-refractivity contribution in [2.75, 3.05) is 31.6 Å². The lowest BCUT2D eigenvalue weighted by Crippen LogP contribution is -2.29. The highest BCUT2D eigenvalue weighted by molar-refractivity contribution is 5.92. The van der Waals surface area contributed by atoms with Gasteiger partial charge in [0, 0.05) is 6.54 Å². The summed E-state index contributed by atoms with van der Waals surface area (Å²) in [4.78, 5) is 31.3. The molecule has 1 heterocycles. The third kappa shape index (κ3) is 5.20. The van der Waals surface area contributed by atoms with Gasteiger partial charge in [0.25, 0.3) is 5.56 Å². The molecule has 0 radical (unpaired) electrons.